The van der Waals surface area contributed by atoms with Crippen LogP contribution in [0.2, 0.25) is 10.0 Å². The number of rotatable bonds is 5. The van der Waals surface area contributed by atoms with Crippen LogP contribution in [0, 0.1) is 0 Å². The average Bonchev–Trinajstić information content (AvgIpc) is 3.57. The summed E-state index contributed by atoms with van der Waals surface area (Å²) in [7, 11) is 0. The Bertz CT molecular complexity index is 1990. The summed E-state index contributed by atoms with van der Waals surface area (Å²) in [4.78, 5) is 22.8. The monoisotopic (exact) mass is 662 g/mol. The first-order chi connectivity index (χ1) is 19.6. The third-order valence-corrected chi connectivity index (χ3v) is 6.84. The molecule has 10 nitrogen and oxygen atoms in total. The molecule has 4 aromatic heterocycles. The topological polar surface area (TPSA) is 117 Å². The lowest BCUT2D eigenvalue weighted by Gasteiger charge is -2.08. The van der Waals surface area contributed by atoms with E-state index in [1.54, 1.807) is 30.3 Å². The van der Waals surface area contributed by atoms with E-state index in [1.165, 1.54) is 27.8 Å². The van der Waals surface area contributed by atoms with E-state index in [9.17, 15) is 18.0 Å². The first kappa shape index (κ1) is 27.1. The van der Waals surface area contributed by atoms with E-state index in [2.05, 4.69) is 46.4 Å². The summed E-state index contributed by atoms with van der Waals surface area (Å²) in [5, 5.41) is 17.4. The van der Waals surface area contributed by atoms with Crippen molar-refractivity contribution in [1.29, 1.82) is 0 Å². The Labute approximate surface area is 245 Å². The molecule has 206 valence electrons. The lowest BCUT2D eigenvalue weighted by Crippen LogP contribution is -2.08. The summed E-state index contributed by atoms with van der Waals surface area (Å²) in [5.41, 5.74) is -0.272. The molecule has 0 saturated heterocycles. The molecule has 0 aliphatic heterocycles. The van der Waals surface area contributed by atoms with Crippen LogP contribution in [0.3, 0.4) is 0 Å². The molecule has 0 atom stereocenters. The summed E-state index contributed by atoms with van der Waals surface area (Å²) in [6.45, 7) is -0.0103. The highest BCUT2D eigenvalue weighted by atomic mass is 79.9. The Morgan fingerprint density at radius 1 is 1.00 bits per heavy atom. The van der Waals surface area contributed by atoms with E-state index >= 15 is 0 Å². The van der Waals surface area contributed by atoms with Gasteiger partial charge in [-0.1, -0.05) is 51.3 Å². The number of tetrazole rings is 1. The highest BCUT2D eigenvalue weighted by molar-refractivity contribution is 9.10. The Morgan fingerprint density at radius 2 is 1.78 bits per heavy atom. The number of nitrogens with zero attached hydrogens (tertiary/aromatic N) is 8. The van der Waals surface area contributed by atoms with Gasteiger partial charge in [0, 0.05) is 16.2 Å². The van der Waals surface area contributed by atoms with Crippen molar-refractivity contribution in [2.24, 2.45) is 0 Å². The van der Waals surface area contributed by atoms with Gasteiger partial charge in [0.15, 0.2) is 5.82 Å². The van der Waals surface area contributed by atoms with Gasteiger partial charge in [0.2, 0.25) is 11.7 Å². The molecule has 0 amide bonds. The highest BCUT2D eigenvalue weighted by Crippen LogP contribution is 2.31. The van der Waals surface area contributed by atoms with Crippen LogP contribution in [-0.4, -0.2) is 40.0 Å². The van der Waals surface area contributed by atoms with Crippen LogP contribution in [0.5, 0.6) is 0 Å². The fourth-order valence-electron chi connectivity index (χ4n) is 3.95. The Kier molecular flexibility index (Phi) is 6.83. The van der Waals surface area contributed by atoms with Crippen LogP contribution < -0.4 is 5.63 Å². The van der Waals surface area contributed by atoms with Crippen molar-refractivity contribution in [3.63, 3.8) is 0 Å². The zero-order valence-electron chi connectivity index (χ0n) is 20.1. The maximum Gasteiger partial charge on any atom is 0.416 e. The third-order valence-electron chi connectivity index (χ3n) is 5.80. The van der Waals surface area contributed by atoms with Crippen molar-refractivity contribution in [3.8, 4) is 28.8 Å². The molecule has 0 spiro atoms. The molecule has 0 aliphatic carbocycles. The first-order valence-electron chi connectivity index (χ1n) is 11.5. The highest BCUT2D eigenvalue weighted by Gasteiger charge is 2.30. The molecule has 0 saturated carbocycles. The van der Waals surface area contributed by atoms with Gasteiger partial charge in [0.1, 0.15) is 17.8 Å². The van der Waals surface area contributed by atoms with Crippen molar-refractivity contribution >= 4 is 50.0 Å². The van der Waals surface area contributed by atoms with Gasteiger partial charge in [0.05, 0.1) is 26.7 Å². The third kappa shape index (κ3) is 5.33. The minimum Gasteiger partial charge on any atom is -0.401 e. The first-order valence-corrected chi connectivity index (χ1v) is 13.1. The number of hydrogen-bond acceptors (Lipinski definition) is 8. The van der Waals surface area contributed by atoms with Crippen molar-refractivity contribution in [1.82, 2.24) is 40.0 Å². The number of halogens is 6. The predicted molar refractivity (Wildman–Crippen MR) is 146 cm³/mol. The number of pyridine rings is 1. The largest absolute Gasteiger partial charge is 0.416 e. The number of fused-ring (bicyclic) bond motifs is 1. The van der Waals surface area contributed by atoms with Gasteiger partial charge in [-0.3, -0.25) is 0 Å². The minimum atomic E-state index is -4.46. The average molecular weight is 664 g/mol. The van der Waals surface area contributed by atoms with E-state index in [1.807, 2.05) is 0 Å². The number of aromatic nitrogens is 8. The lowest BCUT2D eigenvalue weighted by molar-refractivity contribution is -0.137. The number of benzene rings is 2. The minimum absolute atomic E-state index is 0.0103. The molecule has 6 aromatic rings. The number of alkyl halides is 3. The van der Waals surface area contributed by atoms with Gasteiger partial charge in [-0.25, -0.2) is 19.4 Å². The van der Waals surface area contributed by atoms with E-state index < -0.39 is 17.4 Å². The Balaban J connectivity index is 1.40. The van der Waals surface area contributed by atoms with E-state index in [0.29, 0.717) is 15.7 Å². The van der Waals surface area contributed by atoms with Gasteiger partial charge in [-0.15, -0.1) is 10.2 Å². The van der Waals surface area contributed by atoms with Crippen LogP contribution in [0.1, 0.15) is 11.3 Å². The summed E-state index contributed by atoms with van der Waals surface area (Å²) in [6.07, 6.45) is -2.95. The molecule has 0 aliphatic rings. The molecular weight excluding hydrogens is 652 g/mol. The van der Waals surface area contributed by atoms with E-state index in [-0.39, 0.29) is 50.7 Å². The van der Waals surface area contributed by atoms with Crippen LogP contribution in [0.25, 0.3) is 39.7 Å². The van der Waals surface area contributed by atoms with Crippen LogP contribution in [-0.2, 0) is 12.7 Å². The molecule has 41 heavy (non-hydrogen) atoms. The second-order valence-corrected chi connectivity index (χ2v) is 10.3. The fraction of sp³-hybridized carbons (Fsp3) is 0.0800. The number of hydrogen-bond donors (Lipinski definition) is 0. The van der Waals surface area contributed by atoms with Crippen LogP contribution in [0.4, 0.5) is 13.2 Å². The Hall–Kier alpha value is -4.14. The Morgan fingerprint density at radius 3 is 2.51 bits per heavy atom. The van der Waals surface area contributed by atoms with Crippen LogP contribution in [0.15, 0.2) is 74.5 Å². The zero-order chi connectivity index (χ0) is 28.9. The van der Waals surface area contributed by atoms with Gasteiger partial charge in [-0.2, -0.15) is 23.1 Å². The summed E-state index contributed by atoms with van der Waals surface area (Å²) in [6, 6.07) is 12.4. The van der Waals surface area contributed by atoms with Gasteiger partial charge in [-0.05, 0) is 47.7 Å². The van der Waals surface area contributed by atoms with Crippen molar-refractivity contribution in [2.45, 2.75) is 12.7 Å². The van der Waals surface area contributed by atoms with Crippen molar-refractivity contribution < 1.29 is 17.6 Å². The van der Waals surface area contributed by atoms with E-state index in [4.69, 9.17) is 27.6 Å². The molecule has 16 heteroatoms. The van der Waals surface area contributed by atoms with Crippen molar-refractivity contribution in [3.05, 3.63) is 97.0 Å². The summed E-state index contributed by atoms with van der Waals surface area (Å²) < 4.78 is 46.2. The summed E-state index contributed by atoms with van der Waals surface area (Å²) in [5.74, 6) is 0.261. The molecule has 0 radical (unpaired) electrons. The molecule has 2 aromatic carbocycles. The fourth-order valence-corrected chi connectivity index (χ4v) is 5.00. The zero-order valence-corrected chi connectivity index (χ0v) is 23.2. The molecule has 4 heterocycles. The van der Waals surface area contributed by atoms with Gasteiger partial charge in [0.25, 0.3) is 0 Å². The second kappa shape index (κ2) is 10.4. The standard InChI is InChI=1S/C25H12BrCl2F3N8O2/c26-14-8-16-20(18(28)9-14)33-23(41-24(16)40)19-10-15(35-39(19)22-17(27)2-1-7-32-22)11-38-36-21(34-37-38)12-3-5-13(6-4-12)25(29,30)31/h1-10H,11H2. The smallest absolute Gasteiger partial charge is 0.401 e. The van der Waals surface area contributed by atoms with E-state index in [0.717, 1.165) is 12.1 Å². The molecule has 0 bridgehead atoms. The second-order valence-electron chi connectivity index (χ2n) is 8.55. The summed E-state index contributed by atoms with van der Waals surface area (Å²) >= 11 is 16.1. The maximum atomic E-state index is 12.9. The lowest BCUT2D eigenvalue weighted by atomic mass is 10.1. The van der Waals surface area contributed by atoms with Gasteiger partial charge >= 0.3 is 11.8 Å². The normalized spacial score (nSPS) is 11.9. The maximum absolute atomic E-state index is 12.9. The molecule has 0 unspecified atom stereocenters. The molecule has 0 N–H and O–H groups in total. The van der Waals surface area contributed by atoms with Crippen LogP contribution >= 0.6 is 39.1 Å². The van der Waals surface area contributed by atoms with Gasteiger partial charge < -0.3 is 4.42 Å². The SMILES string of the molecule is O=c1oc(-c2cc(Cn3nnc(-c4ccc(C(F)(F)F)cc4)n3)nn2-c2ncccc2Cl)nc2c(Cl)cc(Br)cc12. The molecule has 0 fully saturated rings. The molecular formula is C25H12BrCl2F3N8O2. The van der Waals surface area contributed by atoms with Crippen molar-refractivity contribution in [2.75, 3.05) is 0 Å². The molecule has 6 rings (SSSR count). The quantitative estimate of drug-likeness (QED) is 0.213. The predicted octanol–water partition coefficient (Wildman–Crippen LogP) is 6.23.